The van der Waals surface area contributed by atoms with Crippen LogP contribution in [0, 0.1) is 5.92 Å². The molecule has 0 aliphatic carbocycles. The van der Waals surface area contributed by atoms with Crippen LogP contribution in [0.15, 0.2) is 24.3 Å². The van der Waals surface area contributed by atoms with Gasteiger partial charge in [-0.15, -0.1) is 0 Å². The second-order valence-electron chi connectivity index (χ2n) is 7.25. The van der Waals surface area contributed by atoms with Gasteiger partial charge in [-0.2, -0.15) is 13.2 Å². The third-order valence-corrected chi connectivity index (χ3v) is 4.90. The molecule has 0 saturated carbocycles. The number of para-hydroxylation sites is 1. The van der Waals surface area contributed by atoms with Crippen LogP contribution in [0.1, 0.15) is 43.5 Å². The summed E-state index contributed by atoms with van der Waals surface area (Å²) in [5.41, 5.74) is 0.731. The number of benzene rings is 1. The average Bonchev–Trinajstić information content (AvgIpc) is 2.71. The molecule has 0 bridgehead atoms. The maximum atomic E-state index is 12.6. The van der Waals surface area contributed by atoms with Crippen molar-refractivity contribution >= 4 is 23.6 Å². The predicted octanol–water partition coefficient (Wildman–Crippen LogP) is 3.56. The summed E-state index contributed by atoms with van der Waals surface area (Å²) < 4.78 is 40.7. The molecule has 1 atom stereocenters. The van der Waals surface area contributed by atoms with Gasteiger partial charge >= 0.3 is 12.3 Å². The number of piperidine rings is 1. The van der Waals surface area contributed by atoms with E-state index in [0.717, 1.165) is 11.3 Å². The summed E-state index contributed by atoms with van der Waals surface area (Å²) in [4.78, 5) is 37.9. The number of amides is 3. The van der Waals surface area contributed by atoms with Gasteiger partial charge < -0.3 is 20.3 Å². The van der Waals surface area contributed by atoms with Crippen molar-refractivity contribution in [1.82, 2.24) is 10.2 Å². The van der Waals surface area contributed by atoms with Gasteiger partial charge in [0.1, 0.15) is 0 Å². The molecule has 30 heavy (non-hydrogen) atoms. The number of nitrogens with zero attached hydrogens (tertiary/aromatic N) is 1. The number of alkyl halides is 3. The zero-order valence-corrected chi connectivity index (χ0v) is 16.9. The van der Waals surface area contributed by atoms with Gasteiger partial charge in [-0.3, -0.25) is 9.59 Å². The first-order valence-electron chi connectivity index (χ1n) is 9.80. The van der Waals surface area contributed by atoms with Gasteiger partial charge in [0.2, 0.25) is 5.91 Å². The minimum absolute atomic E-state index is 0.0114. The van der Waals surface area contributed by atoms with Crippen molar-refractivity contribution in [3.8, 4) is 0 Å². The van der Waals surface area contributed by atoms with Gasteiger partial charge in [0.15, 0.2) is 6.61 Å². The minimum atomic E-state index is -4.58. The Kier molecular flexibility index (Phi) is 8.08. The van der Waals surface area contributed by atoms with Crippen molar-refractivity contribution in [2.75, 3.05) is 25.0 Å². The van der Waals surface area contributed by atoms with E-state index in [1.165, 1.54) is 0 Å². The van der Waals surface area contributed by atoms with Gasteiger partial charge in [0.25, 0.3) is 5.91 Å². The highest BCUT2D eigenvalue weighted by atomic mass is 19.4. The zero-order valence-electron chi connectivity index (χ0n) is 16.9. The van der Waals surface area contributed by atoms with E-state index < -0.39 is 24.8 Å². The standard InChI is InChI=1S/C20H26F3N3O4/c1-3-13(2)24-18(28)15-6-4-5-7-16(15)25-17(27)14-8-10-26(11-9-14)19(29)30-12-20(21,22)23/h4-7,13-14H,3,8-12H2,1-2H3,(H,24,28)(H,25,27). The summed E-state index contributed by atoms with van der Waals surface area (Å²) in [7, 11) is 0. The summed E-state index contributed by atoms with van der Waals surface area (Å²) in [6.45, 7) is 2.42. The van der Waals surface area contributed by atoms with Crippen LogP contribution in [0.25, 0.3) is 0 Å². The molecule has 3 amide bonds. The van der Waals surface area contributed by atoms with Crippen LogP contribution >= 0.6 is 0 Å². The minimum Gasteiger partial charge on any atom is -0.440 e. The average molecular weight is 429 g/mol. The molecule has 1 aromatic carbocycles. The Hall–Kier alpha value is -2.78. The molecule has 0 aromatic heterocycles. The molecule has 1 fully saturated rings. The van der Waals surface area contributed by atoms with E-state index in [9.17, 15) is 27.6 Å². The van der Waals surface area contributed by atoms with Crippen molar-refractivity contribution in [2.45, 2.75) is 45.3 Å². The number of halogens is 3. The molecule has 0 spiro atoms. The molecule has 2 N–H and O–H groups in total. The third-order valence-electron chi connectivity index (χ3n) is 4.90. The number of hydrogen-bond acceptors (Lipinski definition) is 4. The Morgan fingerprint density at radius 1 is 1.20 bits per heavy atom. The fourth-order valence-electron chi connectivity index (χ4n) is 2.99. The summed E-state index contributed by atoms with van der Waals surface area (Å²) in [5, 5.41) is 5.61. The molecular weight excluding hydrogens is 403 g/mol. The summed E-state index contributed by atoms with van der Waals surface area (Å²) in [6.07, 6.45) is -4.28. The largest absolute Gasteiger partial charge is 0.440 e. The number of likely N-dealkylation sites (tertiary alicyclic amines) is 1. The normalized spacial score (nSPS) is 16.0. The predicted molar refractivity (Wildman–Crippen MR) is 104 cm³/mol. The molecule has 1 aliphatic rings. The number of nitrogens with one attached hydrogen (secondary N) is 2. The monoisotopic (exact) mass is 429 g/mol. The first-order valence-corrected chi connectivity index (χ1v) is 9.80. The molecule has 10 heteroatoms. The topological polar surface area (TPSA) is 87.7 Å². The van der Waals surface area contributed by atoms with Gasteiger partial charge in [-0.25, -0.2) is 4.79 Å². The number of carbonyl (C=O) groups excluding carboxylic acids is 3. The number of anilines is 1. The van der Waals surface area contributed by atoms with E-state index in [4.69, 9.17) is 0 Å². The number of carbonyl (C=O) groups is 3. The van der Waals surface area contributed by atoms with Crippen molar-refractivity contribution in [2.24, 2.45) is 5.92 Å². The van der Waals surface area contributed by atoms with E-state index in [1.54, 1.807) is 24.3 Å². The second-order valence-corrected chi connectivity index (χ2v) is 7.25. The van der Waals surface area contributed by atoms with Gasteiger partial charge in [-0.05, 0) is 38.3 Å². The molecule has 1 saturated heterocycles. The lowest BCUT2D eigenvalue weighted by molar-refractivity contribution is -0.162. The maximum Gasteiger partial charge on any atom is 0.422 e. The Bertz CT molecular complexity index is 762. The van der Waals surface area contributed by atoms with Crippen molar-refractivity contribution in [3.05, 3.63) is 29.8 Å². The van der Waals surface area contributed by atoms with E-state index in [0.29, 0.717) is 11.3 Å². The SMILES string of the molecule is CCC(C)NC(=O)c1ccccc1NC(=O)C1CCN(C(=O)OCC(F)(F)F)CC1. The molecule has 0 radical (unpaired) electrons. The highest BCUT2D eigenvalue weighted by Crippen LogP contribution is 2.23. The first kappa shape index (κ1) is 23.5. The maximum absolute atomic E-state index is 12.6. The first-order chi connectivity index (χ1) is 14.1. The molecule has 1 unspecified atom stereocenters. The Morgan fingerprint density at radius 3 is 2.43 bits per heavy atom. The van der Waals surface area contributed by atoms with E-state index in [2.05, 4.69) is 15.4 Å². The summed E-state index contributed by atoms with van der Waals surface area (Å²) in [6, 6.07) is 6.64. The highest BCUT2D eigenvalue weighted by Gasteiger charge is 2.33. The van der Waals surface area contributed by atoms with Crippen LogP contribution in [0.3, 0.4) is 0 Å². The fraction of sp³-hybridized carbons (Fsp3) is 0.550. The smallest absolute Gasteiger partial charge is 0.422 e. The van der Waals surface area contributed by atoms with Crippen molar-refractivity contribution in [3.63, 3.8) is 0 Å². The second kappa shape index (κ2) is 10.3. The van der Waals surface area contributed by atoms with Crippen LogP contribution in [0.2, 0.25) is 0 Å². The molecule has 2 rings (SSSR count). The van der Waals surface area contributed by atoms with Gasteiger partial charge in [0.05, 0.1) is 11.3 Å². The third kappa shape index (κ3) is 6.93. The lowest BCUT2D eigenvalue weighted by atomic mass is 9.96. The fourth-order valence-corrected chi connectivity index (χ4v) is 2.99. The zero-order chi connectivity index (χ0) is 22.3. The lowest BCUT2D eigenvalue weighted by Gasteiger charge is -2.30. The number of hydrogen-bond donors (Lipinski definition) is 2. The van der Waals surface area contributed by atoms with Crippen LogP contribution in [-0.4, -0.2) is 54.7 Å². The van der Waals surface area contributed by atoms with Crippen LogP contribution in [0.5, 0.6) is 0 Å². The summed E-state index contributed by atoms with van der Waals surface area (Å²) >= 11 is 0. The molecule has 1 aliphatic heterocycles. The van der Waals surface area contributed by atoms with Crippen molar-refractivity contribution in [1.29, 1.82) is 0 Å². The molecule has 7 nitrogen and oxygen atoms in total. The lowest BCUT2D eigenvalue weighted by Crippen LogP contribution is -2.42. The van der Waals surface area contributed by atoms with Gasteiger partial charge in [0, 0.05) is 25.0 Å². The summed E-state index contributed by atoms with van der Waals surface area (Å²) in [5.74, 6) is -1.02. The Balaban J connectivity index is 1.91. The van der Waals surface area contributed by atoms with Crippen molar-refractivity contribution < 1.29 is 32.3 Å². The molecule has 1 heterocycles. The Labute approximate surface area is 172 Å². The van der Waals surface area contributed by atoms with Crippen LogP contribution in [0.4, 0.5) is 23.7 Å². The quantitative estimate of drug-likeness (QED) is 0.724. The van der Waals surface area contributed by atoms with E-state index in [-0.39, 0.29) is 43.8 Å². The number of rotatable bonds is 6. The van der Waals surface area contributed by atoms with Gasteiger partial charge in [-0.1, -0.05) is 19.1 Å². The molecule has 1 aromatic rings. The molecular formula is C20H26F3N3O4. The van der Waals surface area contributed by atoms with Crippen LogP contribution in [-0.2, 0) is 9.53 Å². The highest BCUT2D eigenvalue weighted by molar-refractivity contribution is 6.04. The molecule has 166 valence electrons. The van der Waals surface area contributed by atoms with Crippen LogP contribution < -0.4 is 10.6 Å². The van der Waals surface area contributed by atoms with E-state index >= 15 is 0 Å². The Morgan fingerprint density at radius 2 is 1.83 bits per heavy atom. The number of ether oxygens (including phenoxy) is 1. The van der Waals surface area contributed by atoms with E-state index in [1.807, 2.05) is 13.8 Å².